The highest BCUT2D eigenvalue weighted by Gasteiger charge is 2.23. The summed E-state index contributed by atoms with van der Waals surface area (Å²) in [6, 6.07) is 6.96. The third-order valence-corrected chi connectivity index (χ3v) is 4.53. The molecule has 1 aromatic carbocycles. The molecule has 0 aliphatic heterocycles. The molecule has 0 radical (unpaired) electrons. The Kier molecular flexibility index (Phi) is 5.44. The van der Waals surface area contributed by atoms with Crippen LogP contribution in [0.3, 0.4) is 0 Å². The number of hydrogen-bond acceptors (Lipinski definition) is 3. The molecule has 2 unspecified atom stereocenters. The predicted octanol–water partition coefficient (Wildman–Crippen LogP) is 3.16. The van der Waals surface area contributed by atoms with Crippen molar-refractivity contribution in [2.45, 2.75) is 51.7 Å². The van der Waals surface area contributed by atoms with Gasteiger partial charge in [0.05, 0.1) is 7.11 Å². The summed E-state index contributed by atoms with van der Waals surface area (Å²) >= 11 is 0. The van der Waals surface area contributed by atoms with E-state index in [0.717, 1.165) is 18.2 Å². The summed E-state index contributed by atoms with van der Waals surface area (Å²) in [6.07, 6.45) is 5.38. The van der Waals surface area contributed by atoms with Gasteiger partial charge >= 0.3 is 0 Å². The molecule has 2 rings (SSSR count). The number of ether oxygens (including phenoxy) is 1. The van der Waals surface area contributed by atoms with E-state index in [-0.39, 0.29) is 0 Å². The van der Waals surface area contributed by atoms with Crippen molar-refractivity contribution in [2.24, 2.45) is 11.7 Å². The highest BCUT2D eigenvalue weighted by atomic mass is 16.5. The van der Waals surface area contributed by atoms with E-state index in [1.807, 2.05) is 12.1 Å². The second kappa shape index (κ2) is 7.09. The second-order valence-electron chi connectivity index (χ2n) is 6.19. The quantitative estimate of drug-likeness (QED) is 0.897. The third kappa shape index (κ3) is 3.74. The molecule has 20 heavy (non-hydrogen) atoms. The minimum absolute atomic E-state index is 0.584. The van der Waals surface area contributed by atoms with Crippen molar-refractivity contribution in [2.75, 3.05) is 14.2 Å². The van der Waals surface area contributed by atoms with E-state index >= 15 is 0 Å². The van der Waals surface area contributed by atoms with E-state index in [0.29, 0.717) is 12.6 Å². The van der Waals surface area contributed by atoms with Gasteiger partial charge in [-0.1, -0.05) is 25.8 Å². The molecule has 0 spiro atoms. The second-order valence-corrected chi connectivity index (χ2v) is 6.19. The monoisotopic (exact) mass is 276 g/mol. The lowest BCUT2D eigenvalue weighted by Gasteiger charge is -2.34. The minimum Gasteiger partial charge on any atom is -0.496 e. The van der Waals surface area contributed by atoms with Crippen molar-refractivity contribution in [3.05, 3.63) is 29.3 Å². The van der Waals surface area contributed by atoms with Gasteiger partial charge in [0, 0.05) is 24.7 Å². The standard InChI is InChI=1S/C17H28N2O/c1-13-5-4-6-16(9-13)19(2)12-15-10-14(11-18)7-8-17(15)20-3/h7-8,10,13,16H,4-6,9,11-12,18H2,1-3H3. The molecule has 1 saturated carbocycles. The zero-order chi connectivity index (χ0) is 14.5. The zero-order valence-corrected chi connectivity index (χ0v) is 13.1. The Morgan fingerprint density at radius 2 is 2.15 bits per heavy atom. The summed E-state index contributed by atoms with van der Waals surface area (Å²) < 4.78 is 5.49. The Labute approximate surface area is 123 Å². The van der Waals surface area contributed by atoms with Crippen LogP contribution in [0.15, 0.2) is 18.2 Å². The summed E-state index contributed by atoms with van der Waals surface area (Å²) in [5, 5.41) is 0. The van der Waals surface area contributed by atoms with Crippen LogP contribution in [0.5, 0.6) is 5.75 Å². The average molecular weight is 276 g/mol. The lowest BCUT2D eigenvalue weighted by molar-refractivity contribution is 0.156. The summed E-state index contributed by atoms with van der Waals surface area (Å²) in [7, 11) is 3.97. The van der Waals surface area contributed by atoms with Crippen LogP contribution >= 0.6 is 0 Å². The highest BCUT2D eigenvalue weighted by Crippen LogP contribution is 2.29. The largest absolute Gasteiger partial charge is 0.496 e. The molecule has 3 nitrogen and oxygen atoms in total. The molecule has 1 aromatic rings. The van der Waals surface area contributed by atoms with Gasteiger partial charge in [-0.15, -0.1) is 0 Å². The fourth-order valence-corrected chi connectivity index (χ4v) is 3.28. The molecule has 0 aromatic heterocycles. The molecule has 1 aliphatic carbocycles. The van der Waals surface area contributed by atoms with Crippen LogP contribution in [0.1, 0.15) is 43.7 Å². The Morgan fingerprint density at radius 1 is 1.35 bits per heavy atom. The third-order valence-electron chi connectivity index (χ3n) is 4.53. The first-order valence-electron chi connectivity index (χ1n) is 7.70. The molecule has 0 bridgehead atoms. The summed E-state index contributed by atoms with van der Waals surface area (Å²) in [5.74, 6) is 1.83. The first kappa shape index (κ1) is 15.3. The van der Waals surface area contributed by atoms with Crippen molar-refractivity contribution >= 4 is 0 Å². The maximum absolute atomic E-state index is 5.75. The number of methoxy groups -OCH3 is 1. The molecule has 0 saturated heterocycles. The van der Waals surface area contributed by atoms with Crippen molar-refractivity contribution < 1.29 is 4.74 Å². The van der Waals surface area contributed by atoms with Crippen LogP contribution in [0.4, 0.5) is 0 Å². The van der Waals surface area contributed by atoms with Crippen LogP contribution in [0, 0.1) is 5.92 Å². The van der Waals surface area contributed by atoms with E-state index in [1.54, 1.807) is 7.11 Å². The average Bonchev–Trinajstić information content (AvgIpc) is 2.47. The SMILES string of the molecule is COc1ccc(CN)cc1CN(C)C1CCCC(C)C1. The van der Waals surface area contributed by atoms with Crippen LogP contribution in [0.2, 0.25) is 0 Å². The van der Waals surface area contributed by atoms with Gasteiger partial charge in [-0.05, 0) is 43.5 Å². The lowest BCUT2D eigenvalue weighted by atomic mass is 9.86. The van der Waals surface area contributed by atoms with E-state index in [2.05, 4.69) is 24.9 Å². The Bertz CT molecular complexity index is 433. The Morgan fingerprint density at radius 3 is 2.80 bits per heavy atom. The molecule has 2 atom stereocenters. The number of nitrogens with two attached hydrogens (primary N) is 1. The molecule has 1 aliphatic rings. The Balaban J connectivity index is 2.07. The fraction of sp³-hybridized carbons (Fsp3) is 0.647. The number of benzene rings is 1. The van der Waals surface area contributed by atoms with Crippen LogP contribution in [0.25, 0.3) is 0 Å². The van der Waals surface area contributed by atoms with Gasteiger partial charge in [-0.2, -0.15) is 0 Å². The predicted molar refractivity (Wildman–Crippen MR) is 83.8 cm³/mol. The molecule has 2 N–H and O–H groups in total. The van der Waals surface area contributed by atoms with Gasteiger partial charge in [0.25, 0.3) is 0 Å². The molecule has 0 amide bonds. The molecule has 3 heteroatoms. The van der Waals surface area contributed by atoms with Crippen LogP contribution < -0.4 is 10.5 Å². The van der Waals surface area contributed by atoms with Gasteiger partial charge in [0.2, 0.25) is 0 Å². The summed E-state index contributed by atoms with van der Waals surface area (Å²) in [4.78, 5) is 2.48. The molecule has 112 valence electrons. The van der Waals surface area contributed by atoms with Crippen LogP contribution in [-0.4, -0.2) is 25.1 Å². The van der Waals surface area contributed by atoms with Crippen molar-refractivity contribution in [1.82, 2.24) is 4.90 Å². The van der Waals surface area contributed by atoms with Crippen LogP contribution in [-0.2, 0) is 13.1 Å². The van der Waals surface area contributed by atoms with Gasteiger partial charge in [-0.25, -0.2) is 0 Å². The summed E-state index contributed by atoms with van der Waals surface area (Å²) in [5.41, 5.74) is 8.17. The topological polar surface area (TPSA) is 38.5 Å². The first-order chi connectivity index (χ1) is 9.63. The first-order valence-corrected chi connectivity index (χ1v) is 7.70. The highest BCUT2D eigenvalue weighted by molar-refractivity contribution is 5.37. The van der Waals surface area contributed by atoms with E-state index in [1.165, 1.54) is 36.8 Å². The van der Waals surface area contributed by atoms with E-state index < -0.39 is 0 Å². The van der Waals surface area contributed by atoms with Gasteiger partial charge in [0.1, 0.15) is 5.75 Å². The molecule has 1 fully saturated rings. The van der Waals surface area contributed by atoms with Crippen molar-refractivity contribution in [3.63, 3.8) is 0 Å². The maximum atomic E-state index is 5.75. The zero-order valence-electron chi connectivity index (χ0n) is 13.1. The Hall–Kier alpha value is -1.06. The van der Waals surface area contributed by atoms with Gasteiger partial charge < -0.3 is 10.5 Å². The molecular weight excluding hydrogens is 248 g/mol. The van der Waals surface area contributed by atoms with E-state index in [9.17, 15) is 0 Å². The van der Waals surface area contributed by atoms with E-state index in [4.69, 9.17) is 10.5 Å². The van der Waals surface area contributed by atoms with Gasteiger partial charge in [0.15, 0.2) is 0 Å². The fourth-order valence-electron chi connectivity index (χ4n) is 3.28. The van der Waals surface area contributed by atoms with Crippen molar-refractivity contribution in [1.29, 1.82) is 0 Å². The van der Waals surface area contributed by atoms with Gasteiger partial charge in [-0.3, -0.25) is 4.90 Å². The molecular formula is C17H28N2O. The normalized spacial score (nSPS) is 23.1. The minimum atomic E-state index is 0.584. The number of hydrogen-bond donors (Lipinski definition) is 1. The maximum Gasteiger partial charge on any atom is 0.123 e. The summed E-state index contributed by atoms with van der Waals surface area (Å²) in [6.45, 7) is 3.89. The number of nitrogens with zero attached hydrogens (tertiary/aromatic N) is 1. The van der Waals surface area contributed by atoms with Crippen molar-refractivity contribution in [3.8, 4) is 5.75 Å². The number of rotatable bonds is 5. The molecule has 0 heterocycles. The lowest BCUT2D eigenvalue weighted by Crippen LogP contribution is -2.35. The smallest absolute Gasteiger partial charge is 0.123 e.